The van der Waals surface area contributed by atoms with E-state index in [0.29, 0.717) is 5.56 Å². The van der Waals surface area contributed by atoms with Crippen molar-refractivity contribution in [3.63, 3.8) is 0 Å². The summed E-state index contributed by atoms with van der Waals surface area (Å²) in [5, 5.41) is 20.4. The smallest absolute Gasteiger partial charge is 0.322 e. The lowest BCUT2D eigenvalue weighted by Gasteiger charge is -2.04. The van der Waals surface area contributed by atoms with Crippen LogP contribution in [0.5, 0.6) is 5.75 Å². The average molecular weight is 296 g/mol. The van der Waals surface area contributed by atoms with Gasteiger partial charge in [0.25, 0.3) is 5.91 Å². The second-order valence-corrected chi connectivity index (χ2v) is 4.28. The van der Waals surface area contributed by atoms with Crippen molar-refractivity contribution >= 4 is 11.9 Å². The number of hydrogen-bond donors (Lipinski definition) is 3. The van der Waals surface area contributed by atoms with E-state index in [1.807, 2.05) is 30.3 Å². The van der Waals surface area contributed by atoms with Gasteiger partial charge in [0, 0.05) is 17.3 Å². The van der Waals surface area contributed by atoms with Gasteiger partial charge in [0.05, 0.1) is 0 Å². The fourth-order valence-electron chi connectivity index (χ4n) is 1.60. The molecule has 22 heavy (non-hydrogen) atoms. The zero-order chi connectivity index (χ0) is 15.9. The lowest BCUT2D eigenvalue weighted by molar-refractivity contribution is -0.135. The summed E-state index contributed by atoms with van der Waals surface area (Å²) in [5.41, 5.74) is 1.01. The van der Waals surface area contributed by atoms with Crippen molar-refractivity contribution in [3.8, 4) is 17.6 Å². The molecule has 0 unspecified atom stereocenters. The molecule has 0 radical (unpaired) electrons. The number of nitrogens with zero attached hydrogens (tertiary/aromatic N) is 1. The number of carboxylic acids is 1. The first-order chi connectivity index (χ1) is 10.6. The third kappa shape index (κ3) is 4.08. The SMILES string of the molecule is O=C(O)CNC(=O)c1ncc(C#Cc2ccccc2)cc1O. The summed E-state index contributed by atoms with van der Waals surface area (Å²) in [4.78, 5) is 25.8. The van der Waals surface area contributed by atoms with Crippen LogP contribution in [-0.4, -0.2) is 33.6 Å². The van der Waals surface area contributed by atoms with E-state index >= 15 is 0 Å². The largest absolute Gasteiger partial charge is 0.505 e. The van der Waals surface area contributed by atoms with Gasteiger partial charge in [0.1, 0.15) is 12.3 Å². The van der Waals surface area contributed by atoms with Crippen LogP contribution in [0.25, 0.3) is 0 Å². The summed E-state index contributed by atoms with van der Waals surface area (Å²) in [6.45, 7) is -0.546. The molecule has 110 valence electrons. The summed E-state index contributed by atoms with van der Waals surface area (Å²) < 4.78 is 0. The molecule has 1 amide bonds. The quantitative estimate of drug-likeness (QED) is 0.734. The third-order valence-corrected chi connectivity index (χ3v) is 2.61. The highest BCUT2D eigenvalue weighted by molar-refractivity contribution is 5.96. The Labute approximate surface area is 126 Å². The van der Waals surface area contributed by atoms with Crippen LogP contribution >= 0.6 is 0 Å². The number of carboxylic acid groups (broad SMARTS) is 1. The van der Waals surface area contributed by atoms with Gasteiger partial charge in [-0.05, 0) is 18.2 Å². The number of nitrogens with one attached hydrogen (secondary N) is 1. The number of pyridine rings is 1. The highest BCUT2D eigenvalue weighted by Crippen LogP contribution is 2.15. The molecule has 0 aliphatic carbocycles. The summed E-state index contributed by atoms with van der Waals surface area (Å²) in [6, 6.07) is 10.6. The third-order valence-electron chi connectivity index (χ3n) is 2.61. The van der Waals surface area contributed by atoms with Gasteiger partial charge in [-0.2, -0.15) is 0 Å². The molecule has 0 atom stereocenters. The molecule has 0 spiro atoms. The van der Waals surface area contributed by atoms with E-state index in [1.165, 1.54) is 12.3 Å². The highest BCUT2D eigenvalue weighted by Gasteiger charge is 2.13. The van der Waals surface area contributed by atoms with Crippen molar-refractivity contribution in [1.82, 2.24) is 10.3 Å². The maximum atomic E-state index is 11.6. The second-order valence-electron chi connectivity index (χ2n) is 4.28. The molecule has 3 N–H and O–H groups in total. The van der Waals surface area contributed by atoms with E-state index in [0.717, 1.165) is 5.56 Å². The van der Waals surface area contributed by atoms with Crippen LogP contribution in [-0.2, 0) is 4.79 Å². The van der Waals surface area contributed by atoms with Gasteiger partial charge in [-0.1, -0.05) is 30.0 Å². The van der Waals surface area contributed by atoms with E-state index in [2.05, 4.69) is 22.1 Å². The van der Waals surface area contributed by atoms with Crippen molar-refractivity contribution in [1.29, 1.82) is 0 Å². The molecule has 0 fully saturated rings. The molecule has 6 nitrogen and oxygen atoms in total. The monoisotopic (exact) mass is 296 g/mol. The minimum atomic E-state index is -1.18. The number of aromatic nitrogens is 1. The Bertz CT molecular complexity index is 761. The molecule has 1 heterocycles. The van der Waals surface area contributed by atoms with Crippen molar-refractivity contribution in [3.05, 3.63) is 59.4 Å². The number of carbonyl (C=O) groups excluding carboxylic acids is 1. The van der Waals surface area contributed by atoms with Crippen molar-refractivity contribution in [2.24, 2.45) is 0 Å². The van der Waals surface area contributed by atoms with Crippen molar-refractivity contribution in [2.45, 2.75) is 0 Å². The minimum Gasteiger partial charge on any atom is -0.505 e. The lowest BCUT2D eigenvalue weighted by Crippen LogP contribution is -2.29. The minimum absolute atomic E-state index is 0.244. The van der Waals surface area contributed by atoms with Gasteiger partial charge in [-0.3, -0.25) is 9.59 Å². The van der Waals surface area contributed by atoms with Crippen molar-refractivity contribution < 1.29 is 19.8 Å². The number of aromatic hydroxyl groups is 1. The predicted octanol–water partition coefficient (Wildman–Crippen LogP) is 1.00. The fourth-order valence-corrected chi connectivity index (χ4v) is 1.60. The molecular formula is C16H12N2O4. The Kier molecular flexibility index (Phi) is 4.73. The normalized spacial score (nSPS) is 9.45. The summed E-state index contributed by atoms with van der Waals surface area (Å²) in [7, 11) is 0. The van der Waals surface area contributed by atoms with Gasteiger partial charge >= 0.3 is 5.97 Å². The first kappa shape index (κ1) is 15.1. The summed E-state index contributed by atoms with van der Waals surface area (Å²) in [6.07, 6.45) is 1.34. The van der Waals surface area contributed by atoms with E-state index in [-0.39, 0.29) is 11.4 Å². The predicted molar refractivity (Wildman–Crippen MR) is 78.3 cm³/mol. The van der Waals surface area contributed by atoms with Gasteiger partial charge in [-0.25, -0.2) is 4.98 Å². The highest BCUT2D eigenvalue weighted by atomic mass is 16.4. The molecule has 0 saturated heterocycles. The Morgan fingerprint density at radius 2 is 1.82 bits per heavy atom. The molecule has 2 aromatic rings. The molecule has 6 heteroatoms. The molecule has 0 saturated carbocycles. The van der Waals surface area contributed by atoms with Crippen LogP contribution < -0.4 is 5.32 Å². The van der Waals surface area contributed by atoms with Gasteiger partial charge in [-0.15, -0.1) is 0 Å². The van der Waals surface area contributed by atoms with E-state index in [4.69, 9.17) is 5.11 Å². The number of carbonyl (C=O) groups is 2. The fraction of sp³-hybridized carbons (Fsp3) is 0.0625. The molecule has 0 aliphatic heterocycles. The topological polar surface area (TPSA) is 99.5 Å². The van der Waals surface area contributed by atoms with Crippen LogP contribution in [0.15, 0.2) is 42.6 Å². The van der Waals surface area contributed by atoms with E-state index < -0.39 is 18.4 Å². The molecule has 1 aromatic heterocycles. The van der Waals surface area contributed by atoms with Gasteiger partial charge in [0.15, 0.2) is 5.69 Å². The maximum Gasteiger partial charge on any atom is 0.322 e. The Balaban J connectivity index is 2.15. The number of rotatable bonds is 3. The number of benzene rings is 1. The average Bonchev–Trinajstić information content (AvgIpc) is 2.51. The van der Waals surface area contributed by atoms with Crippen LogP contribution in [0.4, 0.5) is 0 Å². The zero-order valence-corrected chi connectivity index (χ0v) is 11.4. The van der Waals surface area contributed by atoms with Crippen LogP contribution in [0.3, 0.4) is 0 Å². The second kappa shape index (κ2) is 6.90. The summed E-state index contributed by atoms with van der Waals surface area (Å²) >= 11 is 0. The standard InChI is InChI=1S/C16H12N2O4/c19-13-8-12(7-6-11-4-2-1-3-5-11)9-17-15(13)16(22)18-10-14(20)21/h1-5,8-9,19H,10H2,(H,18,22)(H,20,21). The number of hydrogen-bond acceptors (Lipinski definition) is 4. The maximum absolute atomic E-state index is 11.6. The van der Waals surface area contributed by atoms with E-state index in [1.54, 1.807) is 0 Å². The Hall–Kier alpha value is -3.33. The molecule has 1 aromatic carbocycles. The van der Waals surface area contributed by atoms with Crippen LogP contribution in [0, 0.1) is 11.8 Å². The lowest BCUT2D eigenvalue weighted by atomic mass is 10.2. The van der Waals surface area contributed by atoms with Crippen LogP contribution in [0.2, 0.25) is 0 Å². The Morgan fingerprint density at radius 3 is 2.45 bits per heavy atom. The molecule has 0 aliphatic rings. The first-order valence-electron chi connectivity index (χ1n) is 6.32. The molecule has 2 rings (SSSR count). The first-order valence-corrected chi connectivity index (χ1v) is 6.32. The van der Waals surface area contributed by atoms with E-state index in [9.17, 15) is 14.7 Å². The van der Waals surface area contributed by atoms with Crippen LogP contribution in [0.1, 0.15) is 21.6 Å². The Morgan fingerprint density at radius 1 is 1.14 bits per heavy atom. The number of aliphatic carboxylic acids is 1. The van der Waals surface area contributed by atoms with Gasteiger partial charge in [0.2, 0.25) is 0 Å². The summed E-state index contributed by atoms with van der Waals surface area (Å²) in [5.74, 6) is 3.41. The van der Waals surface area contributed by atoms with Gasteiger partial charge < -0.3 is 15.5 Å². The zero-order valence-electron chi connectivity index (χ0n) is 11.4. The van der Waals surface area contributed by atoms with Crippen molar-refractivity contribution in [2.75, 3.05) is 6.54 Å². The number of amides is 1. The molecular weight excluding hydrogens is 284 g/mol. The molecule has 0 bridgehead atoms.